The highest BCUT2D eigenvalue weighted by Crippen LogP contribution is 2.45. The Morgan fingerprint density at radius 3 is 2.55 bits per heavy atom. The second-order valence-electron chi connectivity index (χ2n) is 7.71. The van der Waals surface area contributed by atoms with Crippen LogP contribution in [0.25, 0.3) is 0 Å². The molecular formula is C23H23N5O3. The number of benzene rings is 2. The van der Waals surface area contributed by atoms with Crippen LogP contribution in [0.2, 0.25) is 0 Å². The number of methoxy groups -OCH3 is 2. The summed E-state index contributed by atoms with van der Waals surface area (Å²) in [4.78, 5) is 17.8. The molecule has 0 bridgehead atoms. The van der Waals surface area contributed by atoms with Gasteiger partial charge in [-0.25, -0.2) is 4.68 Å². The monoisotopic (exact) mass is 417 g/mol. The molecule has 8 heteroatoms. The van der Waals surface area contributed by atoms with E-state index in [9.17, 15) is 4.79 Å². The maximum Gasteiger partial charge on any atom is 0.241 e. The number of aromatic nitrogens is 3. The van der Waals surface area contributed by atoms with Gasteiger partial charge in [0.15, 0.2) is 17.3 Å². The first-order valence-electron chi connectivity index (χ1n) is 10.1. The van der Waals surface area contributed by atoms with Gasteiger partial charge in [0.05, 0.1) is 14.2 Å². The molecule has 0 saturated heterocycles. The number of anilines is 2. The predicted octanol–water partition coefficient (Wildman–Crippen LogP) is 3.29. The van der Waals surface area contributed by atoms with Gasteiger partial charge in [0, 0.05) is 17.7 Å². The molecule has 158 valence electrons. The Labute approximate surface area is 179 Å². The van der Waals surface area contributed by atoms with Crippen LogP contribution in [-0.2, 0) is 4.79 Å². The Bertz CT molecular complexity index is 1190. The maximum absolute atomic E-state index is 13.4. The highest BCUT2D eigenvalue weighted by Gasteiger charge is 2.39. The number of allylic oxidation sites excluding steroid dienone is 2. The van der Waals surface area contributed by atoms with Crippen molar-refractivity contribution in [3.63, 3.8) is 0 Å². The van der Waals surface area contributed by atoms with Crippen molar-refractivity contribution in [1.29, 1.82) is 0 Å². The summed E-state index contributed by atoms with van der Waals surface area (Å²) in [6.45, 7) is 0. The fraction of sp³-hybridized carbons (Fsp3) is 0.261. The molecule has 1 aliphatic carbocycles. The number of carbonyl (C=O) groups is 1. The van der Waals surface area contributed by atoms with Crippen LogP contribution in [0.4, 0.5) is 11.9 Å². The molecule has 2 aliphatic rings. The SMILES string of the molecule is COc1ccc([C@@H]2CC(=O)C3=C(C2)Nc2nc(N)nn2[C@H]3c2ccccc2)cc1OC. The third-order valence-electron chi connectivity index (χ3n) is 5.93. The Morgan fingerprint density at radius 2 is 1.81 bits per heavy atom. The van der Waals surface area contributed by atoms with Gasteiger partial charge in [-0.05, 0) is 35.6 Å². The molecular weight excluding hydrogens is 394 g/mol. The zero-order chi connectivity index (χ0) is 21.5. The van der Waals surface area contributed by atoms with Crippen molar-refractivity contribution in [1.82, 2.24) is 14.8 Å². The van der Waals surface area contributed by atoms with E-state index in [1.165, 1.54) is 0 Å². The van der Waals surface area contributed by atoms with Crippen molar-refractivity contribution in [3.8, 4) is 11.5 Å². The van der Waals surface area contributed by atoms with Gasteiger partial charge in [0.1, 0.15) is 6.04 Å². The first kappa shape index (κ1) is 19.2. The molecule has 5 rings (SSSR count). The molecule has 0 spiro atoms. The molecule has 2 aromatic carbocycles. The highest BCUT2D eigenvalue weighted by atomic mass is 16.5. The summed E-state index contributed by atoms with van der Waals surface area (Å²) in [5.74, 6) is 2.14. The van der Waals surface area contributed by atoms with Gasteiger partial charge in [-0.2, -0.15) is 4.98 Å². The Balaban J connectivity index is 1.57. The molecule has 2 heterocycles. The fourth-order valence-electron chi connectivity index (χ4n) is 4.51. The summed E-state index contributed by atoms with van der Waals surface area (Å²) >= 11 is 0. The van der Waals surface area contributed by atoms with Gasteiger partial charge in [0.2, 0.25) is 11.9 Å². The average molecular weight is 417 g/mol. The van der Waals surface area contributed by atoms with E-state index in [2.05, 4.69) is 15.4 Å². The van der Waals surface area contributed by atoms with E-state index in [4.69, 9.17) is 15.2 Å². The van der Waals surface area contributed by atoms with Crippen molar-refractivity contribution >= 4 is 17.7 Å². The number of ketones is 1. The number of nitrogen functional groups attached to an aromatic ring is 1. The van der Waals surface area contributed by atoms with Gasteiger partial charge in [0.25, 0.3) is 0 Å². The van der Waals surface area contributed by atoms with Crippen LogP contribution in [0.1, 0.15) is 35.9 Å². The number of Topliss-reactive ketones (excluding diaryl/α,β-unsaturated/α-hetero) is 1. The summed E-state index contributed by atoms with van der Waals surface area (Å²) in [6, 6.07) is 15.3. The molecule has 1 aliphatic heterocycles. The van der Waals surface area contributed by atoms with Gasteiger partial charge in [-0.15, -0.1) is 5.10 Å². The Kier molecular flexibility index (Phi) is 4.62. The normalized spacial score (nSPS) is 20.0. The lowest BCUT2D eigenvalue weighted by atomic mass is 9.78. The molecule has 0 unspecified atom stereocenters. The van der Waals surface area contributed by atoms with Crippen LogP contribution in [-0.4, -0.2) is 34.8 Å². The number of hydrogen-bond acceptors (Lipinski definition) is 7. The van der Waals surface area contributed by atoms with E-state index < -0.39 is 0 Å². The van der Waals surface area contributed by atoms with Crippen LogP contribution in [0.3, 0.4) is 0 Å². The molecule has 31 heavy (non-hydrogen) atoms. The number of nitrogens with zero attached hydrogens (tertiary/aromatic N) is 3. The number of nitrogens with two attached hydrogens (primary N) is 1. The van der Waals surface area contributed by atoms with Crippen LogP contribution >= 0.6 is 0 Å². The first-order valence-corrected chi connectivity index (χ1v) is 10.1. The summed E-state index contributed by atoms with van der Waals surface area (Å²) in [5.41, 5.74) is 9.48. The third-order valence-corrected chi connectivity index (χ3v) is 5.93. The number of fused-ring (bicyclic) bond motifs is 1. The minimum absolute atomic E-state index is 0.0156. The van der Waals surface area contributed by atoms with Crippen LogP contribution < -0.4 is 20.5 Å². The second-order valence-corrected chi connectivity index (χ2v) is 7.71. The molecule has 8 nitrogen and oxygen atoms in total. The van der Waals surface area contributed by atoms with Crippen molar-refractivity contribution in [3.05, 3.63) is 70.9 Å². The smallest absolute Gasteiger partial charge is 0.241 e. The zero-order valence-corrected chi connectivity index (χ0v) is 17.3. The van der Waals surface area contributed by atoms with Gasteiger partial charge < -0.3 is 20.5 Å². The molecule has 0 saturated carbocycles. The Hall–Kier alpha value is -3.81. The van der Waals surface area contributed by atoms with Crippen molar-refractivity contribution in [2.45, 2.75) is 24.8 Å². The van der Waals surface area contributed by atoms with Crippen molar-refractivity contribution in [2.75, 3.05) is 25.3 Å². The van der Waals surface area contributed by atoms with E-state index in [1.807, 2.05) is 48.5 Å². The van der Waals surface area contributed by atoms with Crippen molar-refractivity contribution in [2.24, 2.45) is 0 Å². The van der Waals surface area contributed by atoms with Gasteiger partial charge >= 0.3 is 0 Å². The summed E-state index contributed by atoms with van der Waals surface area (Å²) < 4.78 is 12.5. The molecule has 1 aromatic heterocycles. The lowest BCUT2D eigenvalue weighted by Crippen LogP contribution is -2.33. The molecule has 3 aromatic rings. The summed E-state index contributed by atoms with van der Waals surface area (Å²) in [7, 11) is 3.22. The standard InChI is InChI=1S/C23H23N5O3/c1-30-18-9-8-14(12-19(18)31-2)15-10-16-20(17(29)11-15)21(13-6-4-3-5-7-13)28-23(25-16)26-22(24)27-28/h3-9,12,15,21H,10-11H2,1-2H3,(H3,24,25,26,27)/t15-,21-/m0/s1. The molecule has 0 amide bonds. The van der Waals surface area contributed by atoms with Crippen LogP contribution in [0, 0.1) is 0 Å². The summed E-state index contributed by atoms with van der Waals surface area (Å²) in [6.07, 6.45) is 1.07. The Morgan fingerprint density at radius 1 is 1.03 bits per heavy atom. The maximum atomic E-state index is 13.4. The van der Waals surface area contributed by atoms with E-state index in [-0.39, 0.29) is 23.7 Å². The molecule has 0 radical (unpaired) electrons. The zero-order valence-electron chi connectivity index (χ0n) is 17.3. The minimum Gasteiger partial charge on any atom is -0.493 e. The van der Waals surface area contributed by atoms with Crippen LogP contribution in [0.5, 0.6) is 11.5 Å². The van der Waals surface area contributed by atoms with Gasteiger partial charge in [-0.3, -0.25) is 4.79 Å². The number of ether oxygens (including phenoxy) is 2. The van der Waals surface area contributed by atoms with E-state index in [0.717, 1.165) is 22.4 Å². The fourth-order valence-corrected chi connectivity index (χ4v) is 4.51. The van der Waals surface area contributed by atoms with Gasteiger partial charge in [-0.1, -0.05) is 36.4 Å². The lowest BCUT2D eigenvalue weighted by Gasteiger charge is -2.35. The lowest BCUT2D eigenvalue weighted by molar-refractivity contribution is -0.116. The number of rotatable bonds is 4. The summed E-state index contributed by atoms with van der Waals surface area (Å²) in [5, 5.41) is 7.67. The van der Waals surface area contributed by atoms with E-state index >= 15 is 0 Å². The third kappa shape index (κ3) is 3.20. The van der Waals surface area contributed by atoms with E-state index in [0.29, 0.717) is 30.3 Å². The topological polar surface area (TPSA) is 104 Å². The highest BCUT2D eigenvalue weighted by molar-refractivity contribution is 6.00. The first-order chi connectivity index (χ1) is 15.1. The molecule has 2 atom stereocenters. The number of nitrogens with one attached hydrogen (secondary N) is 1. The van der Waals surface area contributed by atoms with E-state index in [1.54, 1.807) is 18.9 Å². The van der Waals surface area contributed by atoms with Crippen molar-refractivity contribution < 1.29 is 14.3 Å². The predicted molar refractivity (Wildman–Crippen MR) is 116 cm³/mol. The quantitative estimate of drug-likeness (QED) is 0.671. The number of hydrogen-bond donors (Lipinski definition) is 2. The second kappa shape index (κ2) is 7.46. The largest absolute Gasteiger partial charge is 0.493 e. The minimum atomic E-state index is -0.351. The molecule has 3 N–H and O–H groups in total. The number of carbonyl (C=O) groups excluding carboxylic acids is 1. The average Bonchev–Trinajstić information content (AvgIpc) is 3.17. The molecule has 0 fully saturated rings. The van der Waals surface area contributed by atoms with Crippen LogP contribution in [0.15, 0.2) is 59.8 Å².